The van der Waals surface area contributed by atoms with E-state index in [0.29, 0.717) is 22.3 Å². The molecule has 4 nitrogen and oxygen atoms in total. The lowest BCUT2D eigenvalue weighted by atomic mass is 9.99. The molecule has 3 aromatic rings. The number of hydrogen-bond acceptors (Lipinski definition) is 4. The van der Waals surface area contributed by atoms with Crippen LogP contribution in [0.2, 0.25) is 0 Å². The summed E-state index contributed by atoms with van der Waals surface area (Å²) >= 11 is 0. The molecule has 2 aromatic carbocycles. The minimum Gasteiger partial charge on any atom is -0.497 e. The van der Waals surface area contributed by atoms with Gasteiger partial charge in [-0.3, -0.25) is 9.59 Å². The van der Waals surface area contributed by atoms with Crippen molar-refractivity contribution in [2.75, 3.05) is 7.11 Å². The van der Waals surface area contributed by atoms with Crippen LogP contribution in [0.1, 0.15) is 21.5 Å². The van der Waals surface area contributed by atoms with Gasteiger partial charge in [0.05, 0.1) is 12.5 Å². The van der Waals surface area contributed by atoms with E-state index in [4.69, 9.17) is 9.15 Å². The zero-order valence-electron chi connectivity index (χ0n) is 12.3. The summed E-state index contributed by atoms with van der Waals surface area (Å²) in [6.45, 7) is 1.83. The van der Waals surface area contributed by atoms with Crippen molar-refractivity contribution in [2.24, 2.45) is 0 Å². The van der Waals surface area contributed by atoms with Gasteiger partial charge < -0.3 is 9.15 Å². The van der Waals surface area contributed by atoms with Crippen LogP contribution in [0.5, 0.6) is 5.75 Å². The second-order valence-corrected chi connectivity index (χ2v) is 4.98. The quantitative estimate of drug-likeness (QED) is 0.695. The molecule has 0 aliphatic heterocycles. The Morgan fingerprint density at radius 3 is 2.59 bits per heavy atom. The minimum atomic E-state index is -0.353. The van der Waals surface area contributed by atoms with Gasteiger partial charge in [0.2, 0.25) is 5.43 Å². The maximum Gasteiger partial charge on any atom is 0.204 e. The Kier molecular flexibility index (Phi) is 3.51. The highest BCUT2D eigenvalue weighted by atomic mass is 16.5. The first-order valence-electron chi connectivity index (χ1n) is 6.81. The second-order valence-electron chi connectivity index (χ2n) is 4.98. The van der Waals surface area contributed by atoms with Crippen LogP contribution in [-0.2, 0) is 0 Å². The summed E-state index contributed by atoms with van der Waals surface area (Å²) in [5, 5.41) is 0.332. The van der Waals surface area contributed by atoms with Crippen LogP contribution in [0.4, 0.5) is 0 Å². The summed E-state index contributed by atoms with van der Waals surface area (Å²) in [6, 6.07) is 12.1. The standard InChI is InChI=1S/C18H14O4/c1-11-5-3-4-6-13(11)17(19)15-10-22-16-8-7-12(21-2)9-14(16)18(15)20/h3-10H,1-2H3. The molecule has 110 valence electrons. The van der Waals surface area contributed by atoms with Crippen molar-refractivity contribution >= 4 is 16.8 Å². The summed E-state index contributed by atoms with van der Waals surface area (Å²) < 4.78 is 10.5. The third kappa shape index (κ3) is 2.29. The normalized spacial score (nSPS) is 10.6. The van der Waals surface area contributed by atoms with Crippen molar-refractivity contribution in [3.8, 4) is 5.75 Å². The highest BCUT2D eigenvalue weighted by Crippen LogP contribution is 2.20. The first-order chi connectivity index (χ1) is 10.6. The first-order valence-corrected chi connectivity index (χ1v) is 6.81. The number of fused-ring (bicyclic) bond motifs is 1. The van der Waals surface area contributed by atoms with E-state index in [1.54, 1.807) is 30.3 Å². The average Bonchev–Trinajstić information content (AvgIpc) is 2.55. The molecule has 0 fully saturated rings. The van der Waals surface area contributed by atoms with Crippen molar-refractivity contribution in [3.63, 3.8) is 0 Å². The molecule has 0 unspecified atom stereocenters. The van der Waals surface area contributed by atoms with Gasteiger partial charge in [-0.1, -0.05) is 24.3 Å². The van der Waals surface area contributed by atoms with Gasteiger partial charge in [-0.25, -0.2) is 0 Å². The van der Waals surface area contributed by atoms with Crippen LogP contribution in [0, 0.1) is 6.92 Å². The van der Waals surface area contributed by atoms with Crippen molar-refractivity contribution in [3.05, 3.63) is 75.6 Å². The molecule has 0 radical (unpaired) electrons. The Morgan fingerprint density at radius 1 is 1.09 bits per heavy atom. The number of methoxy groups -OCH3 is 1. The maximum atomic E-state index is 12.6. The van der Waals surface area contributed by atoms with E-state index < -0.39 is 0 Å². The molecule has 22 heavy (non-hydrogen) atoms. The minimum absolute atomic E-state index is 0.0232. The Hall–Kier alpha value is -2.88. The van der Waals surface area contributed by atoms with Crippen LogP contribution in [0.25, 0.3) is 11.0 Å². The molecule has 1 aromatic heterocycles. The fourth-order valence-electron chi connectivity index (χ4n) is 2.37. The van der Waals surface area contributed by atoms with Crippen LogP contribution >= 0.6 is 0 Å². The van der Waals surface area contributed by atoms with Gasteiger partial charge in [0.15, 0.2) is 5.78 Å². The second kappa shape index (κ2) is 5.48. The third-order valence-corrected chi connectivity index (χ3v) is 3.61. The Bertz CT molecular complexity index is 922. The zero-order chi connectivity index (χ0) is 15.7. The smallest absolute Gasteiger partial charge is 0.204 e. The number of aryl methyl sites for hydroxylation is 1. The van der Waals surface area contributed by atoms with Crippen molar-refractivity contribution in [1.29, 1.82) is 0 Å². The maximum absolute atomic E-state index is 12.6. The van der Waals surface area contributed by atoms with Crippen molar-refractivity contribution in [1.82, 2.24) is 0 Å². The fourth-order valence-corrected chi connectivity index (χ4v) is 2.37. The lowest BCUT2D eigenvalue weighted by molar-refractivity contribution is 0.103. The number of ether oxygens (including phenoxy) is 1. The highest BCUT2D eigenvalue weighted by Gasteiger charge is 2.17. The fraction of sp³-hybridized carbons (Fsp3) is 0.111. The van der Waals surface area contributed by atoms with E-state index in [1.165, 1.54) is 13.4 Å². The van der Waals surface area contributed by atoms with Crippen molar-refractivity contribution in [2.45, 2.75) is 6.92 Å². The molecule has 0 aliphatic carbocycles. The van der Waals surface area contributed by atoms with Gasteiger partial charge in [0.1, 0.15) is 23.2 Å². The Balaban J connectivity index is 2.20. The topological polar surface area (TPSA) is 56.5 Å². The largest absolute Gasteiger partial charge is 0.497 e. The van der Waals surface area contributed by atoms with E-state index in [-0.39, 0.29) is 16.8 Å². The van der Waals surface area contributed by atoms with Gasteiger partial charge in [0, 0.05) is 5.56 Å². The number of carbonyl (C=O) groups is 1. The molecule has 0 saturated heterocycles. The first kappa shape index (κ1) is 14.1. The van der Waals surface area contributed by atoms with E-state index >= 15 is 0 Å². The van der Waals surface area contributed by atoms with Crippen LogP contribution < -0.4 is 10.2 Å². The molecule has 1 heterocycles. The molecular weight excluding hydrogens is 280 g/mol. The van der Waals surface area contributed by atoms with Crippen molar-refractivity contribution < 1.29 is 13.9 Å². The number of rotatable bonds is 3. The van der Waals surface area contributed by atoms with Gasteiger partial charge in [0.25, 0.3) is 0 Å². The highest BCUT2D eigenvalue weighted by molar-refractivity contribution is 6.10. The predicted molar refractivity (Wildman–Crippen MR) is 83.6 cm³/mol. The molecule has 0 atom stereocenters. The molecule has 0 N–H and O–H groups in total. The molecule has 0 spiro atoms. The summed E-state index contributed by atoms with van der Waals surface area (Å²) in [4.78, 5) is 25.2. The summed E-state index contributed by atoms with van der Waals surface area (Å²) in [5.41, 5.74) is 1.41. The number of hydrogen-bond donors (Lipinski definition) is 0. The van der Waals surface area contributed by atoms with Gasteiger partial charge in [-0.05, 0) is 30.7 Å². The lowest BCUT2D eigenvalue weighted by Crippen LogP contribution is -2.16. The molecule has 0 saturated carbocycles. The molecule has 4 heteroatoms. The lowest BCUT2D eigenvalue weighted by Gasteiger charge is -2.06. The molecule has 3 rings (SSSR count). The molecule has 0 amide bonds. The van der Waals surface area contributed by atoms with E-state index in [9.17, 15) is 9.59 Å². The van der Waals surface area contributed by atoms with Crippen LogP contribution in [0.15, 0.2) is 57.9 Å². The SMILES string of the molecule is COc1ccc2occ(C(=O)c3ccccc3C)c(=O)c2c1. The average molecular weight is 294 g/mol. The summed E-state index contributed by atoms with van der Waals surface area (Å²) in [5.74, 6) is 0.205. The number of benzene rings is 2. The van der Waals surface area contributed by atoms with E-state index in [0.717, 1.165) is 5.56 Å². The van der Waals surface area contributed by atoms with E-state index in [2.05, 4.69) is 0 Å². The predicted octanol–water partition coefficient (Wildman–Crippen LogP) is 3.34. The van der Waals surface area contributed by atoms with E-state index in [1.807, 2.05) is 19.1 Å². The van der Waals surface area contributed by atoms with Gasteiger partial charge >= 0.3 is 0 Å². The molecule has 0 bridgehead atoms. The Labute approximate surface area is 127 Å². The zero-order valence-corrected chi connectivity index (χ0v) is 12.3. The number of carbonyl (C=O) groups excluding carboxylic acids is 1. The molecular formula is C18H14O4. The summed E-state index contributed by atoms with van der Waals surface area (Å²) in [7, 11) is 1.52. The van der Waals surface area contributed by atoms with Crippen LogP contribution in [0.3, 0.4) is 0 Å². The monoisotopic (exact) mass is 294 g/mol. The third-order valence-electron chi connectivity index (χ3n) is 3.61. The number of ketones is 1. The van der Waals surface area contributed by atoms with Gasteiger partial charge in [-0.2, -0.15) is 0 Å². The van der Waals surface area contributed by atoms with Crippen LogP contribution in [-0.4, -0.2) is 12.9 Å². The summed E-state index contributed by atoms with van der Waals surface area (Å²) in [6.07, 6.45) is 1.23. The molecule has 0 aliphatic rings. The van der Waals surface area contributed by atoms with Gasteiger partial charge in [-0.15, -0.1) is 0 Å². The Morgan fingerprint density at radius 2 is 1.86 bits per heavy atom.